The van der Waals surface area contributed by atoms with Gasteiger partial charge in [0.25, 0.3) is 0 Å². The average molecular weight is 418 g/mol. The summed E-state index contributed by atoms with van der Waals surface area (Å²) >= 11 is 0. The Hall–Kier alpha value is 1.16. The number of rotatable bonds is 2. The predicted octanol–water partition coefficient (Wildman–Crippen LogP) is 3.89. The fraction of sp³-hybridized carbons (Fsp3) is 0.857. The minimum atomic E-state index is -2.29. The molecule has 0 saturated carbocycles. The zero-order valence-electron chi connectivity index (χ0n) is 16.2. The molecule has 4 nitrogen and oxygen atoms in total. The molecule has 0 bridgehead atoms. The van der Waals surface area contributed by atoms with Gasteiger partial charge >= 0.3 is 43.3 Å². The molecule has 0 aliphatic carbocycles. The summed E-state index contributed by atoms with van der Waals surface area (Å²) in [5.41, 5.74) is -0.408. The summed E-state index contributed by atoms with van der Waals surface area (Å²) in [7, 11) is -4.59. The zero-order chi connectivity index (χ0) is 15.4. The Morgan fingerprint density at radius 1 is 0.619 bits per heavy atom. The van der Waals surface area contributed by atoms with Crippen molar-refractivity contribution in [1.82, 2.24) is 0 Å². The molecule has 21 heavy (non-hydrogen) atoms. The molecule has 0 aliphatic rings. The van der Waals surface area contributed by atoms with E-state index in [4.69, 9.17) is 8.85 Å². The van der Waals surface area contributed by atoms with E-state index in [-0.39, 0.29) is 52.3 Å². The van der Waals surface area contributed by atoms with Gasteiger partial charge in [-0.3, -0.25) is 0 Å². The van der Waals surface area contributed by atoms with Gasteiger partial charge in [0.05, 0.1) is 11.2 Å². The first-order valence-corrected chi connectivity index (χ1v) is 12.0. The van der Waals surface area contributed by atoms with E-state index in [0.29, 0.717) is 0 Å². The quantitative estimate of drug-likeness (QED) is 0.528. The van der Waals surface area contributed by atoms with Gasteiger partial charge in [-0.1, -0.05) is 0 Å². The van der Waals surface area contributed by atoms with Gasteiger partial charge < -0.3 is 33.3 Å². The Morgan fingerprint density at radius 3 is 0.762 bits per heavy atom. The van der Waals surface area contributed by atoms with E-state index in [9.17, 15) is 9.59 Å². The Bertz CT molecular complexity index is 185. The van der Waals surface area contributed by atoms with Crippen LogP contribution < -0.4 is 0 Å². The van der Waals surface area contributed by atoms with Gasteiger partial charge in [-0.25, -0.2) is 0 Å². The smallest absolute Gasteiger partial charge is 0.411 e. The number of hydrogen-bond acceptors (Lipinski definition) is 4. The third-order valence-corrected chi connectivity index (χ3v) is 3.34. The van der Waals surface area contributed by atoms with Gasteiger partial charge in [0.1, 0.15) is 0 Å². The van der Waals surface area contributed by atoms with E-state index in [1.807, 2.05) is 41.5 Å². The summed E-state index contributed by atoms with van der Waals surface area (Å²) in [6.45, 7) is 18.7. The summed E-state index contributed by atoms with van der Waals surface area (Å²) in [4.78, 5) is 18.5. The SMILES string of the molecule is CC(C)(C)O[Si](C)(C)O.CC(C)(C)O[Si](C)(C)O.[CH3-].[CH3-].[Zr+2]. The van der Waals surface area contributed by atoms with Crippen LogP contribution in [0.5, 0.6) is 0 Å². The second-order valence-corrected chi connectivity index (χ2v) is 13.5. The van der Waals surface area contributed by atoms with Crippen LogP contribution in [0.25, 0.3) is 0 Å². The van der Waals surface area contributed by atoms with E-state index in [1.165, 1.54) is 0 Å². The summed E-state index contributed by atoms with van der Waals surface area (Å²) in [5, 5.41) is 0. The molecular weight excluding hydrogens is 380 g/mol. The van der Waals surface area contributed by atoms with Crippen molar-refractivity contribution in [3.05, 3.63) is 14.9 Å². The molecule has 0 radical (unpaired) electrons. The molecule has 0 aromatic rings. The van der Waals surface area contributed by atoms with Crippen LogP contribution in [0, 0.1) is 14.9 Å². The molecule has 0 aromatic heterocycles. The monoisotopic (exact) mass is 416 g/mol. The fourth-order valence-corrected chi connectivity index (χ4v) is 4.50. The van der Waals surface area contributed by atoms with Gasteiger partial charge in [-0.2, -0.15) is 0 Å². The van der Waals surface area contributed by atoms with E-state index in [0.717, 1.165) is 0 Å². The topological polar surface area (TPSA) is 58.9 Å². The van der Waals surface area contributed by atoms with Crippen LogP contribution in [0.1, 0.15) is 41.5 Å². The van der Waals surface area contributed by atoms with Crippen LogP contribution in [-0.4, -0.2) is 37.9 Å². The minimum Gasteiger partial charge on any atom is -0.411 e. The molecule has 130 valence electrons. The van der Waals surface area contributed by atoms with Crippen LogP contribution in [-0.2, 0) is 35.1 Å². The Morgan fingerprint density at radius 2 is 0.762 bits per heavy atom. The van der Waals surface area contributed by atoms with Crippen molar-refractivity contribution in [1.29, 1.82) is 0 Å². The minimum absolute atomic E-state index is 0. The molecule has 0 atom stereocenters. The molecule has 0 aromatic carbocycles. The van der Waals surface area contributed by atoms with Crippen LogP contribution in [0.4, 0.5) is 0 Å². The molecule has 0 saturated heterocycles. The average Bonchev–Trinajstić information content (AvgIpc) is 1.64. The standard InChI is InChI=1S/2C6H16O2Si.2CH3.Zr/c2*1-6(2,3)8-9(4,5)7;;;/h2*7H,1-5H3;2*1H3;/q;;2*-1;+2. The zero-order valence-corrected chi connectivity index (χ0v) is 20.7. The molecule has 0 aliphatic heterocycles. The largest absolute Gasteiger partial charge is 2.00 e. The van der Waals surface area contributed by atoms with Gasteiger partial charge in [0, 0.05) is 0 Å². The van der Waals surface area contributed by atoms with Crippen LogP contribution in [0.3, 0.4) is 0 Å². The van der Waals surface area contributed by atoms with Gasteiger partial charge in [0.2, 0.25) is 0 Å². The Labute approximate surface area is 155 Å². The van der Waals surface area contributed by atoms with Crippen LogP contribution in [0.15, 0.2) is 0 Å². The third kappa shape index (κ3) is 44.9. The first-order valence-electron chi connectivity index (χ1n) is 6.26. The molecule has 0 rings (SSSR count). The van der Waals surface area contributed by atoms with Crippen molar-refractivity contribution in [2.45, 2.75) is 78.9 Å². The maximum absolute atomic E-state index is 9.27. The summed E-state index contributed by atoms with van der Waals surface area (Å²) in [6.07, 6.45) is 0. The van der Waals surface area contributed by atoms with Crippen LogP contribution >= 0.6 is 0 Å². The third-order valence-electron chi connectivity index (χ3n) is 1.11. The van der Waals surface area contributed by atoms with Crippen LogP contribution in [0.2, 0.25) is 26.2 Å². The molecular formula is C14H38O4Si2Zr. The second kappa shape index (κ2) is 11.7. The molecule has 0 unspecified atom stereocenters. The van der Waals surface area contributed by atoms with Crippen molar-refractivity contribution in [3.63, 3.8) is 0 Å². The number of hydrogen-bond donors (Lipinski definition) is 2. The Balaban J connectivity index is -0.0000000711. The van der Waals surface area contributed by atoms with Gasteiger partial charge in [-0.05, 0) is 67.7 Å². The first-order chi connectivity index (χ1) is 7.41. The summed E-state index contributed by atoms with van der Waals surface area (Å²) < 4.78 is 10.6. The molecule has 0 spiro atoms. The fourth-order valence-electron chi connectivity index (χ4n) is 1.50. The van der Waals surface area contributed by atoms with Crippen molar-refractivity contribution in [2.24, 2.45) is 0 Å². The normalized spacial score (nSPS) is 12.0. The second-order valence-electron chi connectivity index (χ2n) is 7.32. The molecule has 2 N–H and O–H groups in total. The maximum Gasteiger partial charge on any atom is 2.00 e. The van der Waals surface area contributed by atoms with Crippen molar-refractivity contribution >= 4 is 17.1 Å². The van der Waals surface area contributed by atoms with E-state index in [1.54, 1.807) is 26.2 Å². The molecule has 7 heteroatoms. The van der Waals surface area contributed by atoms with E-state index in [2.05, 4.69) is 0 Å². The van der Waals surface area contributed by atoms with Crippen molar-refractivity contribution in [2.75, 3.05) is 0 Å². The van der Waals surface area contributed by atoms with Crippen molar-refractivity contribution in [3.8, 4) is 0 Å². The molecule has 0 amide bonds. The van der Waals surface area contributed by atoms with Crippen molar-refractivity contribution < 1.29 is 44.6 Å². The van der Waals surface area contributed by atoms with E-state index >= 15 is 0 Å². The van der Waals surface area contributed by atoms with Gasteiger partial charge in [-0.15, -0.1) is 0 Å². The maximum atomic E-state index is 9.27. The Kier molecular flexibility index (Phi) is 18.7. The molecule has 0 heterocycles. The summed E-state index contributed by atoms with van der Waals surface area (Å²) in [6, 6.07) is 0. The first kappa shape index (κ1) is 33.7. The predicted molar refractivity (Wildman–Crippen MR) is 93.9 cm³/mol. The van der Waals surface area contributed by atoms with Gasteiger partial charge in [0.15, 0.2) is 0 Å². The van der Waals surface area contributed by atoms with E-state index < -0.39 is 17.1 Å². The molecule has 0 fully saturated rings. The summed E-state index contributed by atoms with van der Waals surface area (Å²) in [5.74, 6) is 0.